The van der Waals surface area contributed by atoms with Crippen molar-refractivity contribution in [2.75, 3.05) is 14.1 Å². The third-order valence-corrected chi connectivity index (χ3v) is 4.40. The Bertz CT molecular complexity index is 919. The molecule has 0 atom stereocenters. The van der Waals surface area contributed by atoms with Gasteiger partial charge in [-0.2, -0.15) is 0 Å². The summed E-state index contributed by atoms with van der Waals surface area (Å²) < 4.78 is 0. The number of nitrogens with zero attached hydrogens (tertiary/aromatic N) is 2. The molecule has 1 heterocycles. The van der Waals surface area contributed by atoms with Crippen LogP contribution in [-0.4, -0.2) is 35.1 Å². The quantitative estimate of drug-likeness (QED) is 0.703. The molecule has 3 rings (SSSR count). The van der Waals surface area contributed by atoms with Crippen LogP contribution in [0.1, 0.15) is 28.8 Å². The van der Waals surface area contributed by atoms with Gasteiger partial charge in [0.1, 0.15) is 0 Å². The van der Waals surface area contributed by atoms with Crippen molar-refractivity contribution >= 4 is 16.7 Å². The van der Waals surface area contributed by atoms with E-state index in [2.05, 4.69) is 60.4 Å². The van der Waals surface area contributed by atoms with E-state index >= 15 is 0 Å². The van der Waals surface area contributed by atoms with E-state index in [0.29, 0.717) is 6.42 Å². The molecule has 0 unspecified atom stereocenters. The highest BCUT2D eigenvalue weighted by Crippen LogP contribution is 2.22. The van der Waals surface area contributed by atoms with Gasteiger partial charge in [-0.15, -0.1) is 0 Å². The number of hydrogen-bond acceptors (Lipinski definition) is 3. The van der Waals surface area contributed by atoms with Crippen molar-refractivity contribution in [1.82, 2.24) is 9.88 Å². The standard InChI is InChI=1S/C22H24N2O2/c1-24(2)15-18-6-8-20-19(13-18)10-11-23-21(20)14-17-5-3-4-16(12-17)7-9-22(25)26/h3-6,8,10-13H,7,9,14-15H2,1-2H3,(H,25,26). The number of carboxylic acids is 1. The van der Waals surface area contributed by atoms with Gasteiger partial charge in [-0.1, -0.05) is 36.4 Å². The molecule has 4 nitrogen and oxygen atoms in total. The molecule has 26 heavy (non-hydrogen) atoms. The summed E-state index contributed by atoms with van der Waals surface area (Å²) in [6.07, 6.45) is 3.32. The summed E-state index contributed by atoms with van der Waals surface area (Å²) in [4.78, 5) is 17.5. The van der Waals surface area contributed by atoms with Crippen LogP contribution in [0.15, 0.2) is 54.7 Å². The van der Waals surface area contributed by atoms with Gasteiger partial charge >= 0.3 is 5.97 Å². The Balaban J connectivity index is 1.84. The van der Waals surface area contributed by atoms with Gasteiger partial charge in [0.05, 0.1) is 5.69 Å². The van der Waals surface area contributed by atoms with Crippen LogP contribution in [0, 0.1) is 0 Å². The lowest BCUT2D eigenvalue weighted by molar-refractivity contribution is -0.136. The van der Waals surface area contributed by atoms with Crippen molar-refractivity contribution in [2.45, 2.75) is 25.8 Å². The van der Waals surface area contributed by atoms with Crippen molar-refractivity contribution in [3.63, 3.8) is 0 Å². The molecule has 0 amide bonds. The lowest BCUT2D eigenvalue weighted by Gasteiger charge is -2.12. The highest BCUT2D eigenvalue weighted by molar-refractivity contribution is 5.85. The molecule has 134 valence electrons. The van der Waals surface area contributed by atoms with Crippen molar-refractivity contribution in [2.24, 2.45) is 0 Å². The maximum Gasteiger partial charge on any atom is 0.303 e. The molecule has 0 aliphatic heterocycles. The largest absolute Gasteiger partial charge is 0.481 e. The number of aromatic nitrogens is 1. The SMILES string of the molecule is CN(C)Cc1ccc2c(Cc3cccc(CCC(=O)O)c3)nccc2c1. The number of pyridine rings is 1. The molecule has 1 aromatic heterocycles. The molecule has 0 radical (unpaired) electrons. The van der Waals surface area contributed by atoms with Gasteiger partial charge in [0, 0.05) is 31.0 Å². The Labute approximate surface area is 154 Å². The second-order valence-electron chi connectivity index (χ2n) is 6.94. The summed E-state index contributed by atoms with van der Waals surface area (Å²) in [6, 6.07) is 16.7. The second kappa shape index (κ2) is 8.11. The summed E-state index contributed by atoms with van der Waals surface area (Å²) >= 11 is 0. The van der Waals surface area contributed by atoms with E-state index in [1.165, 1.54) is 16.3 Å². The minimum Gasteiger partial charge on any atom is -0.481 e. The van der Waals surface area contributed by atoms with Crippen LogP contribution in [0.25, 0.3) is 10.8 Å². The van der Waals surface area contributed by atoms with Crippen LogP contribution in [0.2, 0.25) is 0 Å². The summed E-state index contributed by atoms with van der Waals surface area (Å²) in [6.45, 7) is 0.916. The Morgan fingerprint density at radius 1 is 1.04 bits per heavy atom. The third-order valence-electron chi connectivity index (χ3n) is 4.40. The van der Waals surface area contributed by atoms with E-state index in [0.717, 1.165) is 29.8 Å². The number of carboxylic acid groups (broad SMARTS) is 1. The molecule has 0 spiro atoms. The van der Waals surface area contributed by atoms with E-state index in [1.54, 1.807) is 0 Å². The highest BCUT2D eigenvalue weighted by atomic mass is 16.4. The summed E-state index contributed by atoms with van der Waals surface area (Å²) in [5, 5.41) is 11.2. The normalized spacial score (nSPS) is 11.2. The van der Waals surface area contributed by atoms with Crippen LogP contribution >= 0.6 is 0 Å². The van der Waals surface area contributed by atoms with Gasteiger partial charge in [-0.25, -0.2) is 0 Å². The smallest absolute Gasteiger partial charge is 0.303 e. The van der Waals surface area contributed by atoms with Crippen LogP contribution < -0.4 is 0 Å². The average Bonchev–Trinajstić information content (AvgIpc) is 2.60. The first-order chi connectivity index (χ1) is 12.5. The summed E-state index contributed by atoms with van der Waals surface area (Å²) in [7, 11) is 4.14. The summed E-state index contributed by atoms with van der Waals surface area (Å²) in [5.41, 5.74) is 4.55. The number of aliphatic carboxylic acids is 1. The molecule has 3 aromatic rings. The van der Waals surface area contributed by atoms with Gasteiger partial charge in [0.25, 0.3) is 0 Å². The van der Waals surface area contributed by atoms with E-state index in [-0.39, 0.29) is 6.42 Å². The minimum atomic E-state index is -0.764. The van der Waals surface area contributed by atoms with E-state index < -0.39 is 5.97 Å². The van der Waals surface area contributed by atoms with Crippen molar-refractivity contribution < 1.29 is 9.90 Å². The fourth-order valence-electron chi connectivity index (χ4n) is 3.23. The lowest BCUT2D eigenvalue weighted by atomic mass is 9.99. The third kappa shape index (κ3) is 4.67. The fraction of sp³-hybridized carbons (Fsp3) is 0.273. The van der Waals surface area contributed by atoms with Crippen molar-refractivity contribution in [3.05, 3.63) is 77.1 Å². The van der Waals surface area contributed by atoms with Gasteiger partial charge < -0.3 is 10.0 Å². The number of aryl methyl sites for hydroxylation is 1. The number of rotatable bonds is 7. The van der Waals surface area contributed by atoms with Crippen LogP contribution in [0.3, 0.4) is 0 Å². The minimum absolute atomic E-state index is 0.157. The zero-order valence-electron chi connectivity index (χ0n) is 15.3. The number of hydrogen-bond donors (Lipinski definition) is 1. The Kier molecular flexibility index (Phi) is 5.64. The predicted molar refractivity (Wildman–Crippen MR) is 104 cm³/mol. The molecule has 0 bridgehead atoms. The van der Waals surface area contributed by atoms with Gasteiger partial charge in [-0.3, -0.25) is 9.78 Å². The van der Waals surface area contributed by atoms with Gasteiger partial charge in [0.15, 0.2) is 0 Å². The molecule has 4 heteroatoms. The van der Waals surface area contributed by atoms with Crippen molar-refractivity contribution in [3.8, 4) is 0 Å². The maximum absolute atomic E-state index is 10.8. The number of carbonyl (C=O) groups is 1. The number of benzene rings is 2. The zero-order chi connectivity index (χ0) is 18.5. The number of fused-ring (bicyclic) bond motifs is 1. The first-order valence-corrected chi connectivity index (χ1v) is 8.82. The molecular weight excluding hydrogens is 324 g/mol. The highest BCUT2D eigenvalue weighted by Gasteiger charge is 2.07. The van der Waals surface area contributed by atoms with Gasteiger partial charge in [-0.05, 0) is 54.7 Å². The molecule has 0 saturated heterocycles. The first kappa shape index (κ1) is 18.1. The van der Waals surface area contributed by atoms with Crippen LogP contribution in [0.5, 0.6) is 0 Å². The molecule has 1 N–H and O–H groups in total. The average molecular weight is 348 g/mol. The monoisotopic (exact) mass is 348 g/mol. The van der Waals surface area contributed by atoms with Crippen LogP contribution in [0.4, 0.5) is 0 Å². The van der Waals surface area contributed by atoms with Crippen LogP contribution in [-0.2, 0) is 24.2 Å². The molecule has 0 aliphatic rings. The summed E-state index contributed by atoms with van der Waals surface area (Å²) in [5.74, 6) is -0.764. The lowest BCUT2D eigenvalue weighted by Crippen LogP contribution is -2.10. The molecule has 0 fully saturated rings. The first-order valence-electron chi connectivity index (χ1n) is 8.82. The van der Waals surface area contributed by atoms with Gasteiger partial charge in [0.2, 0.25) is 0 Å². The van der Waals surface area contributed by atoms with E-state index in [1.807, 2.05) is 18.3 Å². The molecule has 0 saturated carbocycles. The molecular formula is C22H24N2O2. The topological polar surface area (TPSA) is 53.4 Å². The Morgan fingerprint density at radius 2 is 1.85 bits per heavy atom. The molecule has 0 aliphatic carbocycles. The second-order valence-corrected chi connectivity index (χ2v) is 6.94. The Morgan fingerprint density at radius 3 is 2.62 bits per heavy atom. The zero-order valence-corrected chi connectivity index (χ0v) is 15.3. The fourth-order valence-corrected chi connectivity index (χ4v) is 3.23. The maximum atomic E-state index is 10.8. The predicted octanol–water partition coefficient (Wildman–Crippen LogP) is 3.90. The van der Waals surface area contributed by atoms with Crippen molar-refractivity contribution in [1.29, 1.82) is 0 Å². The Hall–Kier alpha value is -2.72. The van der Waals surface area contributed by atoms with E-state index in [4.69, 9.17) is 5.11 Å². The van der Waals surface area contributed by atoms with E-state index in [9.17, 15) is 4.79 Å². The molecule has 2 aromatic carbocycles.